The minimum atomic E-state index is -0.801. The van der Waals surface area contributed by atoms with Crippen molar-refractivity contribution in [1.29, 1.82) is 0 Å². The molecule has 10 heteroatoms. The maximum Gasteiger partial charge on any atom is 0.243 e. The zero-order valence-corrected chi connectivity index (χ0v) is 17.7. The van der Waals surface area contributed by atoms with E-state index in [0.29, 0.717) is 38.1 Å². The molecule has 0 heterocycles. The van der Waals surface area contributed by atoms with E-state index < -0.39 is 18.0 Å². The van der Waals surface area contributed by atoms with Crippen molar-refractivity contribution in [2.45, 2.75) is 45.2 Å². The highest BCUT2D eigenvalue weighted by atomic mass is 16.5. The maximum absolute atomic E-state index is 12.8. The number of nitrogens with two attached hydrogens (primary N) is 2. The minimum Gasteiger partial charge on any atom is -0.497 e. The maximum atomic E-state index is 12.8. The highest BCUT2D eigenvalue weighted by Crippen LogP contribution is 2.13. The molecule has 0 aliphatic carbocycles. The van der Waals surface area contributed by atoms with Gasteiger partial charge in [-0.3, -0.25) is 19.4 Å². The Morgan fingerprint density at radius 2 is 1.73 bits per heavy atom. The van der Waals surface area contributed by atoms with Gasteiger partial charge in [0.25, 0.3) is 0 Å². The predicted molar refractivity (Wildman–Crippen MR) is 115 cm³/mol. The standard InChI is InChI=1S/C20H32N6O4/c1-4-23-18(28)17(12-14-7-9-15(30-3)10-8-14)26-19(29)16(25-13(2)27)6-5-11-24-20(21)22/h7-10,16-17H,4-6,11-12H2,1-3H3,(H,23,28)(H,25,27)(H,26,29)(H4,21,22,24)/t16-,17-/m0/s1. The van der Waals surface area contributed by atoms with Gasteiger partial charge in [-0.25, -0.2) is 0 Å². The second kappa shape index (κ2) is 13.0. The minimum absolute atomic E-state index is 0.0358. The van der Waals surface area contributed by atoms with Crippen molar-refractivity contribution in [2.75, 3.05) is 20.2 Å². The first-order valence-corrected chi connectivity index (χ1v) is 9.80. The van der Waals surface area contributed by atoms with Crippen LogP contribution in [-0.4, -0.2) is 56.0 Å². The molecule has 0 aliphatic rings. The van der Waals surface area contributed by atoms with E-state index in [9.17, 15) is 14.4 Å². The number of benzene rings is 1. The van der Waals surface area contributed by atoms with Gasteiger partial charge in [0, 0.05) is 26.4 Å². The number of amides is 3. The van der Waals surface area contributed by atoms with Gasteiger partial charge in [-0.2, -0.15) is 0 Å². The van der Waals surface area contributed by atoms with Crippen LogP contribution >= 0.6 is 0 Å². The SMILES string of the molecule is CCNC(=O)[C@H](Cc1ccc(OC)cc1)NC(=O)[C@H](CCCN=C(N)N)NC(C)=O. The fraction of sp³-hybridized carbons (Fsp3) is 0.500. The summed E-state index contributed by atoms with van der Waals surface area (Å²) in [7, 11) is 1.57. The monoisotopic (exact) mass is 420 g/mol. The molecular weight excluding hydrogens is 388 g/mol. The molecule has 166 valence electrons. The van der Waals surface area contributed by atoms with E-state index in [1.54, 1.807) is 26.2 Å². The number of likely N-dealkylation sites (N-methyl/N-ethyl adjacent to an activating group) is 1. The molecule has 0 aromatic heterocycles. The summed E-state index contributed by atoms with van der Waals surface area (Å²) in [6.07, 6.45) is 1.11. The molecule has 0 saturated heterocycles. The lowest BCUT2D eigenvalue weighted by atomic mass is 10.0. The van der Waals surface area contributed by atoms with Gasteiger partial charge < -0.3 is 32.2 Å². The second-order valence-electron chi connectivity index (χ2n) is 6.71. The van der Waals surface area contributed by atoms with E-state index in [0.717, 1.165) is 5.56 Å². The molecule has 2 atom stereocenters. The summed E-state index contributed by atoms with van der Waals surface area (Å²) in [6, 6.07) is 5.64. The number of aliphatic imine (C=N–C) groups is 1. The van der Waals surface area contributed by atoms with Gasteiger partial charge in [-0.05, 0) is 37.5 Å². The highest BCUT2D eigenvalue weighted by Gasteiger charge is 2.26. The number of hydrogen-bond donors (Lipinski definition) is 5. The van der Waals surface area contributed by atoms with Crippen LogP contribution in [-0.2, 0) is 20.8 Å². The number of ether oxygens (including phenoxy) is 1. The second-order valence-corrected chi connectivity index (χ2v) is 6.71. The molecule has 1 aromatic carbocycles. The Hall–Kier alpha value is -3.30. The number of hydrogen-bond acceptors (Lipinski definition) is 5. The number of nitrogens with zero attached hydrogens (tertiary/aromatic N) is 1. The lowest BCUT2D eigenvalue weighted by Crippen LogP contribution is -2.54. The van der Waals surface area contributed by atoms with Crippen LogP contribution in [0.5, 0.6) is 5.75 Å². The average Bonchev–Trinajstić information content (AvgIpc) is 2.70. The summed E-state index contributed by atoms with van der Waals surface area (Å²) in [6.45, 7) is 3.89. The van der Waals surface area contributed by atoms with E-state index in [2.05, 4.69) is 20.9 Å². The Balaban J connectivity index is 2.87. The molecule has 3 amide bonds. The number of carbonyl (C=O) groups is 3. The summed E-state index contributed by atoms with van der Waals surface area (Å²) in [5.74, 6) is -0.430. The van der Waals surface area contributed by atoms with Crippen LogP contribution in [0.25, 0.3) is 0 Å². The summed E-state index contributed by atoms with van der Waals surface area (Å²) in [5, 5.41) is 8.09. The molecule has 1 rings (SSSR count). The van der Waals surface area contributed by atoms with Crippen LogP contribution in [0.3, 0.4) is 0 Å². The van der Waals surface area contributed by atoms with E-state index in [1.807, 2.05) is 12.1 Å². The van der Waals surface area contributed by atoms with Gasteiger partial charge in [0.05, 0.1) is 7.11 Å². The van der Waals surface area contributed by atoms with Crippen LogP contribution in [0.15, 0.2) is 29.3 Å². The molecular formula is C20H32N6O4. The third-order valence-corrected chi connectivity index (χ3v) is 4.22. The molecule has 0 bridgehead atoms. The third kappa shape index (κ3) is 9.26. The molecule has 0 spiro atoms. The van der Waals surface area contributed by atoms with Crippen molar-refractivity contribution in [3.8, 4) is 5.75 Å². The lowest BCUT2D eigenvalue weighted by Gasteiger charge is -2.23. The zero-order chi connectivity index (χ0) is 22.5. The average molecular weight is 421 g/mol. The Morgan fingerprint density at radius 1 is 1.07 bits per heavy atom. The van der Waals surface area contributed by atoms with Crippen LogP contribution in [0.1, 0.15) is 32.3 Å². The van der Waals surface area contributed by atoms with Gasteiger partial charge >= 0.3 is 0 Å². The van der Waals surface area contributed by atoms with Gasteiger partial charge in [0.15, 0.2) is 5.96 Å². The van der Waals surface area contributed by atoms with Crippen LogP contribution in [0.4, 0.5) is 0 Å². The Labute approximate surface area is 176 Å². The molecule has 0 aliphatic heterocycles. The fourth-order valence-corrected chi connectivity index (χ4v) is 2.79. The fourth-order valence-electron chi connectivity index (χ4n) is 2.79. The van der Waals surface area contributed by atoms with Gasteiger partial charge in [-0.15, -0.1) is 0 Å². The molecule has 0 radical (unpaired) electrons. The smallest absolute Gasteiger partial charge is 0.243 e. The van der Waals surface area contributed by atoms with Gasteiger partial charge in [0.2, 0.25) is 17.7 Å². The van der Waals surface area contributed by atoms with E-state index in [1.165, 1.54) is 6.92 Å². The summed E-state index contributed by atoms with van der Waals surface area (Å²) in [4.78, 5) is 40.7. The van der Waals surface area contributed by atoms with E-state index >= 15 is 0 Å². The van der Waals surface area contributed by atoms with Crippen LogP contribution in [0.2, 0.25) is 0 Å². The highest BCUT2D eigenvalue weighted by molar-refractivity contribution is 5.91. The number of methoxy groups -OCH3 is 1. The number of guanidine groups is 1. The number of nitrogens with one attached hydrogen (secondary N) is 3. The lowest BCUT2D eigenvalue weighted by molar-refractivity contribution is -0.131. The topological polar surface area (TPSA) is 161 Å². The zero-order valence-electron chi connectivity index (χ0n) is 17.7. The van der Waals surface area contributed by atoms with Crippen molar-refractivity contribution >= 4 is 23.7 Å². The first kappa shape index (κ1) is 24.7. The molecule has 10 nitrogen and oxygen atoms in total. The van der Waals surface area contributed by atoms with Gasteiger partial charge in [0.1, 0.15) is 17.8 Å². The van der Waals surface area contributed by atoms with Crippen molar-refractivity contribution < 1.29 is 19.1 Å². The number of rotatable bonds is 12. The third-order valence-electron chi connectivity index (χ3n) is 4.22. The molecule has 7 N–H and O–H groups in total. The Kier molecular flexibility index (Phi) is 10.7. The van der Waals surface area contributed by atoms with Crippen molar-refractivity contribution in [2.24, 2.45) is 16.5 Å². The van der Waals surface area contributed by atoms with Crippen LogP contribution < -0.4 is 32.2 Å². The summed E-state index contributed by atoms with van der Waals surface area (Å²) < 4.78 is 5.14. The quantitative estimate of drug-likeness (QED) is 0.173. The largest absolute Gasteiger partial charge is 0.497 e. The van der Waals surface area contributed by atoms with Gasteiger partial charge in [-0.1, -0.05) is 12.1 Å². The molecule has 1 aromatic rings. The normalized spacial score (nSPS) is 12.2. The van der Waals surface area contributed by atoms with Crippen molar-refractivity contribution in [1.82, 2.24) is 16.0 Å². The first-order chi connectivity index (χ1) is 14.3. The summed E-state index contributed by atoms with van der Waals surface area (Å²) in [5.41, 5.74) is 11.4. The van der Waals surface area contributed by atoms with Crippen LogP contribution in [0, 0.1) is 0 Å². The predicted octanol–water partition coefficient (Wildman–Crippen LogP) is -0.583. The van der Waals surface area contributed by atoms with E-state index in [-0.39, 0.29) is 17.8 Å². The Bertz CT molecular complexity index is 731. The summed E-state index contributed by atoms with van der Waals surface area (Å²) >= 11 is 0. The molecule has 0 unspecified atom stereocenters. The number of carbonyl (C=O) groups excluding carboxylic acids is 3. The van der Waals surface area contributed by atoms with Crippen molar-refractivity contribution in [3.05, 3.63) is 29.8 Å². The molecule has 0 fully saturated rings. The first-order valence-electron chi connectivity index (χ1n) is 9.80. The van der Waals surface area contributed by atoms with E-state index in [4.69, 9.17) is 16.2 Å². The Morgan fingerprint density at radius 3 is 2.27 bits per heavy atom. The molecule has 0 saturated carbocycles. The molecule has 30 heavy (non-hydrogen) atoms. The van der Waals surface area contributed by atoms with Crippen molar-refractivity contribution in [3.63, 3.8) is 0 Å².